The van der Waals surface area contributed by atoms with Crippen LogP contribution in [0.25, 0.3) is 0 Å². The Balaban J connectivity index is 1.33. The lowest BCUT2D eigenvalue weighted by molar-refractivity contribution is -0.135. The van der Waals surface area contributed by atoms with E-state index in [4.69, 9.17) is 4.74 Å². The van der Waals surface area contributed by atoms with Crippen molar-refractivity contribution in [3.05, 3.63) is 29.8 Å². The van der Waals surface area contributed by atoms with Gasteiger partial charge < -0.3 is 19.9 Å². The molecule has 0 saturated carbocycles. The maximum atomic E-state index is 13.3. The van der Waals surface area contributed by atoms with Gasteiger partial charge in [0.25, 0.3) is 5.91 Å². The number of carbonyl (C=O) groups is 3. The van der Waals surface area contributed by atoms with Crippen LogP contribution in [0.2, 0.25) is 0 Å². The number of methoxy groups -OCH3 is 1. The maximum absolute atomic E-state index is 13.3. The zero-order valence-corrected chi connectivity index (χ0v) is 19.1. The molecule has 3 aliphatic rings. The Morgan fingerprint density at radius 2 is 1.94 bits per heavy atom. The Bertz CT molecular complexity index is 865. The van der Waals surface area contributed by atoms with Crippen molar-refractivity contribution in [2.45, 2.75) is 57.0 Å². The fourth-order valence-corrected chi connectivity index (χ4v) is 5.27. The van der Waals surface area contributed by atoms with Gasteiger partial charge in [-0.3, -0.25) is 14.5 Å². The molecule has 3 saturated heterocycles. The minimum atomic E-state index is -0.761. The molecule has 4 amide bonds. The molecule has 1 unspecified atom stereocenters. The van der Waals surface area contributed by atoms with E-state index in [9.17, 15) is 14.4 Å². The van der Waals surface area contributed by atoms with Crippen LogP contribution in [-0.2, 0) is 16.0 Å². The average Bonchev–Trinajstić information content (AvgIpc) is 3.37. The van der Waals surface area contributed by atoms with E-state index in [1.54, 1.807) is 12.0 Å². The summed E-state index contributed by atoms with van der Waals surface area (Å²) >= 11 is 0. The first kappa shape index (κ1) is 22.6. The number of hydrogen-bond donors (Lipinski definition) is 1. The number of imide groups is 1. The van der Waals surface area contributed by atoms with E-state index in [1.165, 1.54) is 4.90 Å². The molecule has 1 N–H and O–H groups in total. The lowest BCUT2D eigenvalue weighted by Crippen LogP contribution is -2.55. The van der Waals surface area contributed by atoms with E-state index in [0.717, 1.165) is 37.4 Å². The van der Waals surface area contributed by atoms with Crippen molar-refractivity contribution in [3.8, 4) is 5.75 Å². The number of rotatable bonds is 7. The number of likely N-dealkylation sites (tertiary alicyclic amines) is 2. The number of para-hydroxylation sites is 1. The maximum Gasteiger partial charge on any atom is 0.325 e. The van der Waals surface area contributed by atoms with Crippen molar-refractivity contribution in [2.24, 2.45) is 0 Å². The van der Waals surface area contributed by atoms with Gasteiger partial charge >= 0.3 is 6.03 Å². The van der Waals surface area contributed by atoms with Crippen molar-refractivity contribution < 1.29 is 19.1 Å². The van der Waals surface area contributed by atoms with E-state index in [1.807, 2.05) is 24.3 Å². The van der Waals surface area contributed by atoms with Crippen molar-refractivity contribution in [1.29, 1.82) is 0 Å². The standard InChI is InChI=1S/C24H34N4O4/c1-3-13-26-15-11-24(12-16-26)22(30)28(23(31)25-24)19-10-14-27(17-19)21(29)9-8-18-6-4-5-7-20(18)32-2/h4-7,19H,3,8-17H2,1-2H3,(H,25,31). The fourth-order valence-electron chi connectivity index (χ4n) is 5.27. The van der Waals surface area contributed by atoms with Gasteiger partial charge in [0.05, 0.1) is 13.2 Å². The molecule has 8 nitrogen and oxygen atoms in total. The van der Waals surface area contributed by atoms with Gasteiger partial charge in [-0.2, -0.15) is 0 Å². The molecule has 4 rings (SSSR count). The molecule has 1 atom stereocenters. The van der Waals surface area contributed by atoms with E-state index in [-0.39, 0.29) is 23.9 Å². The highest BCUT2D eigenvalue weighted by Crippen LogP contribution is 2.32. The molecular weight excluding hydrogens is 408 g/mol. The van der Waals surface area contributed by atoms with E-state index < -0.39 is 5.54 Å². The summed E-state index contributed by atoms with van der Waals surface area (Å²) in [5.74, 6) is 0.731. The normalized spacial score (nSPS) is 23.1. The van der Waals surface area contributed by atoms with Gasteiger partial charge in [0, 0.05) is 32.6 Å². The molecule has 1 aromatic carbocycles. The number of nitrogens with one attached hydrogen (secondary N) is 1. The van der Waals surface area contributed by atoms with Crippen LogP contribution in [0.1, 0.15) is 44.6 Å². The molecule has 1 aromatic rings. The molecule has 3 heterocycles. The second-order valence-corrected chi connectivity index (χ2v) is 9.12. The van der Waals surface area contributed by atoms with Crippen LogP contribution in [0.4, 0.5) is 4.79 Å². The zero-order valence-electron chi connectivity index (χ0n) is 19.1. The molecule has 1 spiro atoms. The quantitative estimate of drug-likeness (QED) is 0.654. The van der Waals surface area contributed by atoms with Gasteiger partial charge in [-0.15, -0.1) is 0 Å². The molecule has 0 bridgehead atoms. The van der Waals surface area contributed by atoms with Gasteiger partial charge in [0.2, 0.25) is 5.91 Å². The molecule has 3 fully saturated rings. The Kier molecular flexibility index (Phi) is 6.69. The van der Waals surface area contributed by atoms with Crippen LogP contribution in [-0.4, -0.2) is 84.0 Å². The van der Waals surface area contributed by atoms with Crippen LogP contribution in [0, 0.1) is 0 Å². The van der Waals surface area contributed by atoms with Gasteiger partial charge in [-0.05, 0) is 50.3 Å². The van der Waals surface area contributed by atoms with Crippen molar-refractivity contribution >= 4 is 17.8 Å². The van der Waals surface area contributed by atoms with E-state index in [2.05, 4.69) is 17.1 Å². The Morgan fingerprint density at radius 3 is 2.66 bits per heavy atom. The summed E-state index contributed by atoms with van der Waals surface area (Å²) in [7, 11) is 1.63. The van der Waals surface area contributed by atoms with Gasteiger partial charge in [0.15, 0.2) is 0 Å². The largest absolute Gasteiger partial charge is 0.496 e. The third-order valence-electron chi connectivity index (χ3n) is 7.12. The van der Waals surface area contributed by atoms with Crippen LogP contribution in [0.15, 0.2) is 24.3 Å². The first-order chi connectivity index (χ1) is 15.5. The second kappa shape index (κ2) is 9.48. The number of benzene rings is 1. The summed E-state index contributed by atoms with van der Waals surface area (Å²) in [6.45, 7) is 5.82. The number of carbonyl (C=O) groups excluding carboxylic acids is 3. The molecule has 0 aromatic heterocycles. The number of ether oxygens (including phenoxy) is 1. The van der Waals surface area contributed by atoms with E-state index in [0.29, 0.717) is 45.2 Å². The van der Waals surface area contributed by atoms with Crippen molar-refractivity contribution in [1.82, 2.24) is 20.0 Å². The number of nitrogens with zero attached hydrogens (tertiary/aromatic N) is 3. The summed E-state index contributed by atoms with van der Waals surface area (Å²) in [5, 5.41) is 3.01. The minimum absolute atomic E-state index is 0.0491. The minimum Gasteiger partial charge on any atom is -0.496 e. The predicted molar refractivity (Wildman–Crippen MR) is 120 cm³/mol. The summed E-state index contributed by atoms with van der Waals surface area (Å²) < 4.78 is 5.37. The predicted octanol–water partition coefficient (Wildman–Crippen LogP) is 2.03. The number of aryl methyl sites for hydroxylation is 1. The van der Waals surface area contributed by atoms with Crippen LogP contribution >= 0.6 is 0 Å². The van der Waals surface area contributed by atoms with Gasteiger partial charge in [0.1, 0.15) is 11.3 Å². The number of hydrogen-bond acceptors (Lipinski definition) is 5. The highest BCUT2D eigenvalue weighted by Gasteiger charge is 2.54. The third kappa shape index (κ3) is 4.33. The second-order valence-electron chi connectivity index (χ2n) is 9.12. The molecule has 0 radical (unpaired) electrons. The summed E-state index contributed by atoms with van der Waals surface area (Å²) in [4.78, 5) is 44.4. The summed E-state index contributed by atoms with van der Waals surface area (Å²) in [5.41, 5.74) is 0.243. The molecule has 32 heavy (non-hydrogen) atoms. The smallest absolute Gasteiger partial charge is 0.325 e. The lowest BCUT2D eigenvalue weighted by atomic mass is 9.87. The average molecular weight is 443 g/mol. The third-order valence-corrected chi connectivity index (χ3v) is 7.12. The Labute approximate surface area is 189 Å². The molecular formula is C24H34N4O4. The first-order valence-electron chi connectivity index (χ1n) is 11.8. The molecule has 3 aliphatic heterocycles. The van der Waals surface area contributed by atoms with Gasteiger partial charge in [-0.1, -0.05) is 25.1 Å². The number of amides is 4. The number of piperidine rings is 1. The van der Waals surface area contributed by atoms with Crippen molar-refractivity contribution in [2.75, 3.05) is 39.8 Å². The molecule has 8 heteroatoms. The van der Waals surface area contributed by atoms with Crippen LogP contribution in [0.3, 0.4) is 0 Å². The van der Waals surface area contributed by atoms with Crippen LogP contribution < -0.4 is 10.1 Å². The summed E-state index contributed by atoms with van der Waals surface area (Å²) in [6, 6.07) is 7.17. The van der Waals surface area contributed by atoms with Crippen molar-refractivity contribution in [3.63, 3.8) is 0 Å². The highest BCUT2D eigenvalue weighted by molar-refractivity contribution is 6.07. The number of urea groups is 1. The highest BCUT2D eigenvalue weighted by atomic mass is 16.5. The molecule has 0 aliphatic carbocycles. The Hall–Kier alpha value is -2.61. The monoisotopic (exact) mass is 442 g/mol. The first-order valence-corrected chi connectivity index (χ1v) is 11.8. The molecule has 174 valence electrons. The SMILES string of the molecule is CCCN1CCC2(CC1)NC(=O)N(C1CCN(C(=O)CCc3ccccc3OC)C1)C2=O. The van der Waals surface area contributed by atoms with Crippen LogP contribution in [0.5, 0.6) is 5.75 Å². The Morgan fingerprint density at radius 1 is 1.19 bits per heavy atom. The zero-order chi connectivity index (χ0) is 22.7. The fraction of sp³-hybridized carbons (Fsp3) is 0.625. The topological polar surface area (TPSA) is 82.2 Å². The lowest BCUT2D eigenvalue weighted by Gasteiger charge is -2.37. The van der Waals surface area contributed by atoms with E-state index >= 15 is 0 Å². The van der Waals surface area contributed by atoms with Gasteiger partial charge in [-0.25, -0.2) is 4.79 Å². The summed E-state index contributed by atoms with van der Waals surface area (Å²) in [6.07, 6.45) is 4.01.